The summed E-state index contributed by atoms with van der Waals surface area (Å²) in [6, 6.07) is 6.02. The Balaban J connectivity index is 2.01. The SMILES string of the molecule is COc1cc([C@H](O)[C@@H](CO[C@@H]2O[C@H](CO)[C@@H](O)[C@H](O)[C@H]2O)Oc2c(OC)cc(C/C=C\O)cc2OC)cc(OC)c1O. The highest BCUT2D eigenvalue weighted by molar-refractivity contribution is 5.55. The Labute approximate surface area is 242 Å². The monoisotopic (exact) mass is 598 g/mol. The van der Waals surface area contributed by atoms with E-state index in [1.54, 1.807) is 12.1 Å². The molecule has 7 atom stereocenters. The topological polar surface area (TPSA) is 206 Å². The number of rotatable bonds is 14. The third kappa shape index (κ3) is 7.28. The van der Waals surface area contributed by atoms with Gasteiger partial charge < -0.3 is 68.9 Å². The Bertz CT molecular complexity index is 1140. The van der Waals surface area contributed by atoms with Crippen molar-refractivity contribution >= 4 is 0 Å². The van der Waals surface area contributed by atoms with Crippen molar-refractivity contribution in [1.29, 1.82) is 0 Å². The number of benzene rings is 2. The predicted octanol–water partition coefficient (Wildman–Crippen LogP) is 0.338. The van der Waals surface area contributed by atoms with Gasteiger partial charge in [0.05, 0.1) is 47.9 Å². The van der Waals surface area contributed by atoms with Crippen LogP contribution >= 0.6 is 0 Å². The molecule has 0 unspecified atom stereocenters. The maximum Gasteiger partial charge on any atom is 0.204 e. The number of methoxy groups -OCH3 is 4. The van der Waals surface area contributed by atoms with E-state index in [-0.39, 0.29) is 40.1 Å². The maximum atomic E-state index is 11.5. The van der Waals surface area contributed by atoms with Crippen LogP contribution in [0.15, 0.2) is 36.6 Å². The van der Waals surface area contributed by atoms with Gasteiger partial charge in [0.2, 0.25) is 11.5 Å². The summed E-state index contributed by atoms with van der Waals surface area (Å²) in [4.78, 5) is 0. The Morgan fingerprint density at radius 3 is 1.93 bits per heavy atom. The molecule has 234 valence electrons. The molecule has 0 bridgehead atoms. The lowest BCUT2D eigenvalue weighted by Crippen LogP contribution is -2.59. The molecule has 7 N–H and O–H groups in total. The summed E-state index contributed by atoms with van der Waals surface area (Å²) in [5.74, 6) is 0.253. The second kappa shape index (κ2) is 15.1. The lowest BCUT2D eigenvalue weighted by molar-refractivity contribution is -0.305. The quantitative estimate of drug-likeness (QED) is 0.147. The fourth-order valence-electron chi connectivity index (χ4n) is 4.39. The zero-order valence-electron chi connectivity index (χ0n) is 23.6. The molecule has 2 aromatic rings. The number of ether oxygens (including phenoxy) is 7. The second-order valence-electron chi connectivity index (χ2n) is 9.32. The van der Waals surface area contributed by atoms with Crippen LogP contribution in [0.5, 0.6) is 34.5 Å². The van der Waals surface area contributed by atoms with E-state index in [1.807, 2.05) is 0 Å². The Hall–Kier alpha value is -3.50. The molecule has 42 heavy (non-hydrogen) atoms. The summed E-state index contributed by atoms with van der Waals surface area (Å²) in [6.07, 6.45) is -7.72. The van der Waals surface area contributed by atoms with Crippen molar-refractivity contribution in [2.75, 3.05) is 41.7 Å². The largest absolute Gasteiger partial charge is 0.516 e. The van der Waals surface area contributed by atoms with Gasteiger partial charge in [-0.1, -0.05) is 0 Å². The van der Waals surface area contributed by atoms with Crippen LogP contribution in [0.3, 0.4) is 0 Å². The zero-order valence-corrected chi connectivity index (χ0v) is 23.6. The highest BCUT2D eigenvalue weighted by Gasteiger charge is 2.44. The van der Waals surface area contributed by atoms with Crippen LogP contribution < -0.4 is 23.7 Å². The average Bonchev–Trinajstić information content (AvgIpc) is 3.01. The molecule has 1 aliphatic heterocycles. The van der Waals surface area contributed by atoms with Crippen molar-refractivity contribution in [2.45, 2.75) is 49.3 Å². The van der Waals surface area contributed by atoms with Crippen LogP contribution in [0.1, 0.15) is 17.2 Å². The van der Waals surface area contributed by atoms with Crippen molar-refractivity contribution in [3.63, 3.8) is 0 Å². The molecule has 0 spiro atoms. The molecule has 0 saturated carbocycles. The average molecular weight is 599 g/mol. The van der Waals surface area contributed by atoms with Crippen molar-refractivity contribution < 1.29 is 68.9 Å². The lowest BCUT2D eigenvalue weighted by Gasteiger charge is -2.40. The van der Waals surface area contributed by atoms with Crippen LogP contribution in [0.2, 0.25) is 0 Å². The fraction of sp³-hybridized carbons (Fsp3) is 0.500. The number of phenolic OH excluding ortho intramolecular Hbond substituents is 1. The summed E-state index contributed by atoms with van der Waals surface area (Å²) in [6.45, 7) is -1.14. The Kier molecular flexibility index (Phi) is 11.9. The van der Waals surface area contributed by atoms with Gasteiger partial charge in [-0.05, 0) is 47.9 Å². The summed E-state index contributed by atoms with van der Waals surface area (Å²) in [7, 11) is 5.45. The van der Waals surface area contributed by atoms with Crippen LogP contribution in [0.25, 0.3) is 0 Å². The van der Waals surface area contributed by atoms with Gasteiger partial charge in [-0.15, -0.1) is 0 Å². The van der Waals surface area contributed by atoms with Crippen molar-refractivity contribution in [1.82, 2.24) is 0 Å². The number of aromatic hydroxyl groups is 1. The molecule has 0 aliphatic carbocycles. The standard InChI is InChI=1S/C28H38O14/c1-36-16-10-15(11-17(37-2)23(16)32)22(31)21(13-40-28-26(35)25(34)24(33)20(12-30)42-28)41-27-18(38-3)8-14(6-5-7-29)9-19(27)39-4/h5,7-11,20-22,24-26,28-35H,6,12-13H2,1-4H3/b7-5-/t20-,21-,22+,24-,25+,26-,28-/m1/s1. The first-order valence-corrected chi connectivity index (χ1v) is 12.9. The molecule has 0 amide bonds. The van der Waals surface area contributed by atoms with Crippen LogP contribution in [-0.4, -0.2) is 114 Å². The van der Waals surface area contributed by atoms with Gasteiger partial charge in [0.15, 0.2) is 35.4 Å². The predicted molar refractivity (Wildman–Crippen MR) is 145 cm³/mol. The van der Waals surface area contributed by atoms with E-state index < -0.39 is 56.1 Å². The molecule has 1 heterocycles. The lowest BCUT2D eigenvalue weighted by atomic mass is 9.99. The molecular formula is C28H38O14. The molecule has 1 fully saturated rings. The molecule has 0 aromatic heterocycles. The van der Waals surface area contributed by atoms with Gasteiger partial charge >= 0.3 is 0 Å². The molecule has 3 rings (SSSR count). The van der Waals surface area contributed by atoms with Gasteiger partial charge in [0, 0.05) is 0 Å². The number of allylic oxidation sites excluding steroid dienone is 1. The van der Waals surface area contributed by atoms with Crippen LogP contribution in [0, 0.1) is 0 Å². The summed E-state index contributed by atoms with van der Waals surface area (Å²) >= 11 is 0. The van der Waals surface area contributed by atoms with Crippen LogP contribution in [0.4, 0.5) is 0 Å². The van der Waals surface area contributed by atoms with E-state index >= 15 is 0 Å². The molecule has 0 radical (unpaired) electrons. The van der Waals surface area contributed by atoms with Gasteiger partial charge in [-0.25, -0.2) is 0 Å². The Morgan fingerprint density at radius 2 is 1.43 bits per heavy atom. The first kappa shape index (κ1) is 33.0. The van der Waals surface area contributed by atoms with Crippen molar-refractivity contribution in [3.05, 3.63) is 47.7 Å². The van der Waals surface area contributed by atoms with E-state index in [4.69, 9.17) is 38.3 Å². The highest BCUT2D eigenvalue weighted by Crippen LogP contribution is 2.43. The Morgan fingerprint density at radius 1 is 0.857 bits per heavy atom. The normalized spacial score (nSPS) is 23.8. The van der Waals surface area contributed by atoms with E-state index in [0.29, 0.717) is 12.0 Å². The minimum Gasteiger partial charge on any atom is -0.516 e. The van der Waals surface area contributed by atoms with E-state index in [9.17, 15) is 30.6 Å². The van der Waals surface area contributed by atoms with Crippen molar-refractivity contribution in [2.24, 2.45) is 0 Å². The summed E-state index contributed by atoms with van der Waals surface area (Å²) in [5.41, 5.74) is 0.899. The van der Waals surface area contributed by atoms with E-state index in [0.717, 1.165) is 6.26 Å². The van der Waals surface area contributed by atoms with Gasteiger partial charge in [0.1, 0.15) is 30.5 Å². The minimum atomic E-state index is -1.70. The van der Waals surface area contributed by atoms with Gasteiger partial charge in [-0.2, -0.15) is 0 Å². The van der Waals surface area contributed by atoms with Gasteiger partial charge in [0.25, 0.3) is 0 Å². The first-order chi connectivity index (χ1) is 20.1. The maximum absolute atomic E-state index is 11.5. The molecule has 1 aliphatic rings. The number of phenols is 1. The second-order valence-corrected chi connectivity index (χ2v) is 9.32. The van der Waals surface area contributed by atoms with E-state index in [1.165, 1.54) is 46.6 Å². The molecular weight excluding hydrogens is 560 g/mol. The van der Waals surface area contributed by atoms with E-state index in [2.05, 4.69) is 0 Å². The van der Waals surface area contributed by atoms with Crippen molar-refractivity contribution in [3.8, 4) is 34.5 Å². The number of hydrogen-bond acceptors (Lipinski definition) is 14. The highest BCUT2D eigenvalue weighted by atomic mass is 16.7. The third-order valence-corrected chi connectivity index (χ3v) is 6.72. The van der Waals surface area contributed by atoms with Crippen LogP contribution in [-0.2, 0) is 15.9 Å². The molecule has 14 heteroatoms. The number of aliphatic hydroxyl groups is 6. The molecule has 1 saturated heterocycles. The molecule has 2 aromatic carbocycles. The molecule has 14 nitrogen and oxygen atoms in total. The summed E-state index contributed by atoms with van der Waals surface area (Å²) < 4.78 is 38.8. The zero-order chi connectivity index (χ0) is 31.0. The summed E-state index contributed by atoms with van der Waals surface area (Å²) in [5, 5.41) is 71.1. The smallest absolute Gasteiger partial charge is 0.204 e. The number of aliphatic hydroxyl groups excluding tert-OH is 6. The fourth-order valence-corrected chi connectivity index (χ4v) is 4.39. The first-order valence-electron chi connectivity index (χ1n) is 12.9. The third-order valence-electron chi connectivity index (χ3n) is 6.72. The number of hydrogen-bond donors (Lipinski definition) is 7. The minimum absolute atomic E-state index is 0.00783. The van der Waals surface area contributed by atoms with Gasteiger partial charge in [-0.3, -0.25) is 0 Å².